The molecule has 1 amide bonds. The molecule has 0 spiro atoms. The smallest absolute Gasteiger partial charge is 0.224 e. The Kier molecular flexibility index (Phi) is 3.88. The van der Waals surface area contributed by atoms with E-state index in [9.17, 15) is 9.18 Å². The van der Waals surface area contributed by atoms with Crippen LogP contribution < -0.4 is 5.32 Å². The average Bonchev–Trinajstić information content (AvgIpc) is 3.12. The number of benzene rings is 1. The number of rotatable bonds is 5. The van der Waals surface area contributed by atoms with E-state index in [0.29, 0.717) is 6.54 Å². The average molecular weight is 272 g/mol. The van der Waals surface area contributed by atoms with Crippen molar-refractivity contribution >= 4 is 17.5 Å². The molecule has 1 aliphatic rings. The van der Waals surface area contributed by atoms with E-state index in [1.165, 1.54) is 12.1 Å². The molecular weight excluding hydrogens is 257 g/mol. The number of carbonyl (C=O) groups excluding carboxylic acids is 1. The molecule has 2 rings (SSSR count). The SMILES string of the molecule is O=C(Cc1c(F)cccc1Cl)NCC1(CO)CC1. The zero-order valence-corrected chi connectivity index (χ0v) is 10.6. The molecular formula is C13H15ClFNO2. The van der Waals surface area contributed by atoms with Gasteiger partial charge in [0, 0.05) is 22.5 Å². The molecule has 0 unspecified atom stereocenters. The van der Waals surface area contributed by atoms with Crippen LogP contribution in [0.3, 0.4) is 0 Å². The maximum absolute atomic E-state index is 13.5. The normalized spacial score (nSPS) is 16.4. The van der Waals surface area contributed by atoms with Crippen LogP contribution in [0.5, 0.6) is 0 Å². The Morgan fingerprint density at radius 2 is 2.22 bits per heavy atom. The largest absolute Gasteiger partial charge is 0.396 e. The van der Waals surface area contributed by atoms with Gasteiger partial charge in [0.25, 0.3) is 0 Å². The minimum atomic E-state index is -0.471. The summed E-state index contributed by atoms with van der Waals surface area (Å²) in [6.45, 7) is 0.516. The topological polar surface area (TPSA) is 49.3 Å². The van der Waals surface area contributed by atoms with E-state index < -0.39 is 5.82 Å². The standard InChI is InChI=1S/C13H15ClFNO2/c14-10-2-1-3-11(15)9(10)6-12(18)16-7-13(8-17)4-5-13/h1-3,17H,4-8H2,(H,16,18). The maximum atomic E-state index is 13.5. The molecule has 0 heterocycles. The molecule has 0 saturated heterocycles. The van der Waals surface area contributed by atoms with Gasteiger partial charge < -0.3 is 10.4 Å². The van der Waals surface area contributed by atoms with E-state index in [1.54, 1.807) is 6.07 Å². The molecule has 2 N–H and O–H groups in total. The maximum Gasteiger partial charge on any atom is 0.224 e. The molecule has 0 aromatic heterocycles. The first kappa shape index (κ1) is 13.3. The zero-order chi connectivity index (χ0) is 13.2. The van der Waals surface area contributed by atoms with Crippen molar-refractivity contribution in [2.24, 2.45) is 5.41 Å². The van der Waals surface area contributed by atoms with Crippen LogP contribution in [0.15, 0.2) is 18.2 Å². The highest BCUT2D eigenvalue weighted by atomic mass is 35.5. The van der Waals surface area contributed by atoms with Crippen molar-refractivity contribution in [2.45, 2.75) is 19.3 Å². The second-order valence-electron chi connectivity index (χ2n) is 4.81. The molecule has 5 heteroatoms. The highest BCUT2D eigenvalue weighted by Gasteiger charge is 2.42. The Hall–Kier alpha value is -1.13. The van der Waals surface area contributed by atoms with Crippen molar-refractivity contribution in [1.82, 2.24) is 5.32 Å². The summed E-state index contributed by atoms with van der Waals surface area (Å²) in [4.78, 5) is 11.7. The van der Waals surface area contributed by atoms with Crippen LogP contribution in [-0.2, 0) is 11.2 Å². The van der Waals surface area contributed by atoms with Crippen molar-refractivity contribution in [3.05, 3.63) is 34.6 Å². The van der Waals surface area contributed by atoms with E-state index in [0.717, 1.165) is 12.8 Å². The monoisotopic (exact) mass is 271 g/mol. The molecule has 0 aliphatic heterocycles. The van der Waals surface area contributed by atoms with Gasteiger partial charge in [-0.15, -0.1) is 0 Å². The Bertz CT molecular complexity index is 440. The van der Waals surface area contributed by atoms with E-state index >= 15 is 0 Å². The molecule has 1 aromatic carbocycles. The first-order valence-electron chi connectivity index (χ1n) is 5.87. The first-order valence-corrected chi connectivity index (χ1v) is 6.25. The van der Waals surface area contributed by atoms with Crippen molar-refractivity contribution < 1.29 is 14.3 Å². The first-order chi connectivity index (χ1) is 8.56. The van der Waals surface area contributed by atoms with E-state index in [4.69, 9.17) is 16.7 Å². The number of hydrogen-bond donors (Lipinski definition) is 2. The lowest BCUT2D eigenvalue weighted by molar-refractivity contribution is -0.120. The minimum Gasteiger partial charge on any atom is -0.396 e. The van der Waals surface area contributed by atoms with Gasteiger partial charge in [0.15, 0.2) is 0 Å². The Balaban J connectivity index is 1.91. The van der Waals surface area contributed by atoms with Crippen molar-refractivity contribution in [1.29, 1.82) is 0 Å². The summed E-state index contributed by atoms with van der Waals surface area (Å²) in [5.74, 6) is -0.748. The van der Waals surface area contributed by atoms with Gasteiger partial charge in [0.1, 0.15) is 5.82 Å². The summed E-state index contributed by atoms with van der Waals surface area (Å²) < 4.78 is 13.5. The minimum absolute atomic E-state index is 0.0764. The van der Waals surface area contributed by atoms with Gasteiger partial charge in [0.05, 0.1) is 13.0 Å². The van der Waals surface area contributed by atoms with Gasteiger partial charge in [0.2, 0.25) is 5.91 Å². The van der Waals surface area contributed by atoms with Crippen LogP contribution in [0.2, 0.25) is 5.02 Å². The lowest BCUT2D eigenvalue weighted by Gasteiger charge is -2.13. The fourth-order valence-electron chi connectivity index (χ4n) is 1.78. The lowest BCUT2D eigenvalue weighted by atomic mass is 10.1. The van der Waals surface area contributed by atoms with Crippen LogP contribution in [0.4, 0.5) is 4.39 Å². The van der Waals surface area contributed by atoms with Gasteiger partial charge in [-0.1, -0.05) is 17.7 Å². The predicted octanol–water partition coefficient (Wildman–Crippen LogP) is 1.91. The fourth-order valence-corrected chi connectivity index (χ4v) is 2.01. The molecule has 3 nitrogen and oxygen atoms in total. The Morgan fingerprint density at radius 3 is 2.78 bits per heavy atom. The highest BCUT2D eigenvalue weighted by molar-refractivity contribution is 6.31. The highest BCUT2D eigenvalue weighted by Crippen LogP contribution is 2.44. The number of aliphatic hydroxyl groups excluding tert-OH is 1. The Labute approximate surface area is 110 Å². The van der Waals surface area contributed by atoms with Crippen LogP contribution >= 0.6 is 11.6 Å². The molecule has 1 saturated carbocycles. The van der Waals surface area contributed by atoms with Crippen LogP contribution in [0.25, 0.3) is 0 Å². The van der Waals surface area contributed by atoms with Gasteiger partial charge >= 0.3 is 0 Å². The number of aliphatic hydroxyl groups is 1. The molecule has 18 heavy (non-hydrogen) atoms. The van der Waals surface area contributed by atoms with E-state index in [2.05, 4.69) is 5.32 Å². The summed E-state index contributed by atoms with van der Waals surface area (Å²) >= 11 is 5.84. The Morgan fingerprint density at radius 1 is 1.50 bits per heavy atom. The van der Waals surface area contributed by atoms with E-state index in [-0.39, 0.29) is 34.9 Å². The quantitative estimate of drug-likeness (QED) is 0.859. The van der Waals surface area contributed by atoms with Crippen molar-refractivity contribution in [2.75, 3.05) is 13.2 Å². The van der Waals surface area contributed by atoms with Crippen molar-refractivity contribution in [3.63, 3.8) is 0 Å². The summed E-state index contributed by atoms with van der Waals surface area (Å²) in [5.41, 5.74) is 0.0693. The van der Waals surface area contributed by atoms with Crippen LogP contribution in [0, 0.1) is 11.2 Å². The van der Waals surface area contributed by atoms with Gasteiger partial charge in [-0.2, -0.15) is 0 Å². The number of nitrogens with one attached hydrogen (secondary N) is 1. The summed E-state index contributed by atoms with van der Waals surface area (Å²) in [6, 6.07) is 4.35. The number of carbonyl (C=O) groups is 1. The van der Waals surface area contributed by atoms with Crippen LogP contribution in [0.1, 0.15) is 18.4 Å². The molecule has 0 bridgehead atoms. The molecule has 98 valence electrons. The molecule has 0 radical (unpaired) electrons. The van der Waals surface area contributed by atoms with Gasteiger partial charge in [-0.3, -0.25) is 4.79 Å². The van der Waals surface area contributed by atoms with Gasteiger partial charge in [-0.05, 0) is 25.0 Å². The van der Waals surface area contributed by atoms with Gasteiger partial charge in [-0.25, -0.2) is 4.39 Å². The third-order valence-electron chi connectivity index (χ3n) is 3.35. The van der Waals surface area contributed by atoms with Crippen LogP contribution in [-0.4, -0.2) is 24.2 Å². The molecule has 1 fully saturated rings. The number of hydrogen-bond acceptors (Lipinski definition) is 2. The summed E-state index contributed by atoms with van der Waals surface area (Å²) in [5, 5.41) is 12.1. The second kappa shape index (κ2) is 5.24. The second-order valence-corrected chi connectivity index (χ2v) is 5.22. The zero-order valence-electron chi connectivity index (χ0n) is 9.88. The third-order valence-corrected chi connectivity index (χ3v) is 3.71. The molecule has 1 aliphatic carbocycles. The van der Waals surface area contributed by atoms with Crippen molar-refractivity contribution in [3.8, 4) is 0 Å². The summed E-state index contributed by atoms with van der Waals surface area (Å²) in [7, 11) is 0. The fraction of sp³-hybridized carbons (Fsp3) is 0.462. The van der Waals surface area contributed by atoms with E-state index in [1.807, 2.05) is 0 Å². The lowest BCUT2D eigenvalue weighted by Crippen LogP contribution is -2.33. The number of halogens is 2. The summed E-state index contributed by atoms with van der Waals surface area (Å²) in [6.07, 6.45) is 1.77. The third kappa shape index (κ3) is 3.00. The number of amides is 1. The molecule has 0 atom stereocenters. The molecule has 1 aromatic rings. The predicted molar refractivity (Wildman–Crippen MR) is 66.9 cm³/mol.